The third-order valence-electron chi connectivity index (χ3n) is 3.09. The van der Waals surface area contributed by atoms with Crippen molar-refractivity contribution in [3.05, 3.63) is 72.1 Å². The van der Waals surface area contributed by atoms with Gasteiger partial charge in [-0.05, 0) is 24.6 Å². The maximum absolute atomic E-state index is 12.9. The van der Waals surface area contributed by atoms with Crippen molar-refractivity contribution in [1.29, 1.82) is 0 Å². The lowest BCUT2D eigenvalue weighted by Gasteiger charge is -2.11. The van der Waals surface area contributed by atoms with Crippen LogP contribution < -0.4 is 5.73 Å². The van der Waals surface area contributed by atoms with Gasteiger partial charge in [-0.1, -0.05) is 0 Å². The summed E-state index contributed by atoms with van der Waals surface area (Å²) < 4.78 is 26.7. The quantitative estimate of drug-likeness (QED) is 0.746. The standard InChI is InChI=1S/C10H11FN4.C6H4FNO/c1-7(15-6-10(12)5-14-15)8-2-9(11)4-13-3-8;7-6-1-5(4-9)2-8-3-6/h2-7H,12H2,1H3;1-4H. The maximum atomic E-state index is 12.9. The van der Waals surface area contributed by atoms with E-state index in [-0.39, 0.29) is 17.4 Å². The van der Waals surface area contributed by atoms with Gasteiger partial charge in [0.25, 0.3) is 0 Å². The summed E-state index contributed by atoms with van der Waals surface area (Å²) in [7, 11) is 0. The number of aromatic nitrogens is 4. The molecular weight excluding hydrogens is 316 g/mol. The number of rotatable bonds is 3. The number of carbonyl (C=O) groups is 1. The van der Waals surface area contributed by atoms with E-state index in [9.17, 15) is 13.6 Å². The molecule has 8 heteroatoms. The molecule has 0 spiro atoms. The van der Waals surface area contributed by atoms with Gasteiger partial charge in [-0.15, -0.1) is 0 Å². The zero-order chi connectivity index (χ0) is 17.5. The first-order chi connectivity index (χ1) is 11.5. The summed E-state index contributed by atoms with van der Waals surface area (Å²) >= 11 is 0. The molecule has 0 bridgehead atoms. The molecule has 0 aliphatic heterocycles. The zero-order valence-corrected chi connectivity index (χ0v) is 12.8. The van der Waals surface area contributed by atoms with Crippen molar-refractivity contribution in [2.75, 3.05) is 5.73 Å². The smallest absolute Gasteiger partial charge is 0.151 e. The van der Waals surface area contributed by atoms with Crippen LogP contribution in [0.1, 0.15) is 28.9 Å². The Labute approximate surface area is 137 Å². The highest BCUT2D eigenvalue weighted by Crippen LogP contribution is 2.17. The lowest BCUT2D eigenvalue weighted by molar-refractivity contribution is 0.112. The maximum Gasteiger partial charge on any atom is 0.151 e. The molecule has 1 unspecified atom stereocenters. The highest BCUT2D eigenvalue weighted by atomic mass is 19.1. The second kappa shape index (κ2) is 7.91. The van der Waals surface area contributed by atoms with E-state index < -0.39 is 5.82 Å². The fraction of sp³-hybridized carbons (Fsp3) is 0.125. The highest BCUT2D eigenvalue weighted by Gasteiger charge is 2.09. The number of nitrogens with zero attached hydrogens (tertiary/aromatic N) is 4. The molecule has 124 valence electrons. The van der Waals surface area contributed by atoms with Crippen LogP contribution in [0.5, 0.6) is 0 Å². The largest absolute Gasteiger partial charge is 0.396 e. The number of pyridine rings is 2. The number of aldehydes is 1. The van der Waals surface area contributed by atoms with Crippen LogP contribution in [0.25, 0.3) is 0 Å². The average molecular weight is 331 g/mol. The van der Waals surface area contributed by atoms with Crippen molar-refractivity contribution in [3.63, 3.8) is 0 Å². The van der Waals surface area contributed by atoms with Crippen LogP contribution in [-0.2, 0) is 0 Å². The van der Waals surface area contributed by atoms with Crippen LogP contribution >= 0.6 is 0 Å². The Hall–Kier alpha value is -3.16. The zero-order valence-electron chi connectivity index (χ0n) is 12.8. The Bertz CT molecular complexity index is 821. The monoisotopic (exact) mass is 331 g/mol. The van der Waals surface area contributed by atoms with Gasteiger partial charge in [-0.3, -0.25) is 19.4 Å². The molecule has 2 N–H and O–H groups in total. The molecule has 3 aromatic rings. The van der Waals surface area contributed by atoms with Crippen molar-refractivity contribution in [2.24, 2.45) is 0 Å². The van der Waals surface area contributed by atoms with Crippen LogP contribution in [0, 0.1) is 11.6 Å². The molecule has 6 nitrogen and oxygen atoms in total. The molecule has 1 atom stereocenters. The molecule has 0 aromatic carbocycles. The molecular formula is C16H15F2N5O. The van der Waals surface area contributed by atoms with E-state index in [0.29, 0.717) is 12.0 Å². The predicted molar refractivity (Wildman–Crippen MR) is 84.2 cm³/mol. The number of halogens is 2. The minimum atomic E-state index is -0.486. The number of nitrogens with two attached hydrogens (primary N) is 1. The van der Waals surface area contributed by atoms with Gasteiger partial charge in [0.1, 0.15) is 11.6 Å². The van der Waals surface area contributed by atoms with E-state index in [1.165, 1.54) is 18.5 Å². The fourth-order valence-corrected chi connectivity index (χ4v) is 1.87. The molecule has 3 heterocycles. The first-order valence-corrected chi connectivity index (χ1v) is 6.95. The predicted octanol–water partition coefficient (Wildman–Crippen LogP) is 2.64. The highest BCUT2D eigenvalue weighted by molar-refractivity contribution is 5.73. The number of nitrogen functional groups attached to an aromatic ring is 1. The lowest BCUT2D eigenvalue weighted by Crippen LogP contribution is -2.07. The molecule has 0 fully saturated rings. The SMILES string of the molecule is CC(c1cncc(F)c1)n1cc(N)cn1.O=Cc1cncc(F)c1. The molecule has 3 rings (SSSR count). The van der Waals surface area contributed by atoms with Crippen molar-refractivity contribution in [2.45, 2.75) is 13.0 Å². The van der Waals surface area contributed by atoms with E-state index in [1.807, 2.05) is 6.92 Å². The Morgan fingerprint density at radius 2 is 1.75 bits per heavy atom. The molecule has 0 aliphatic rings. The number of hydrogen-bond acceptors (Lipinski definition) is 5. The van der Waals surface area contributed by atoms with Crippen molar-refractivity contribution < 1.29 is 13.6 Å². The fourth-order valence-electron chi connectivity index (χ4n) is 1.87. The molecule has 0 radical (unpaired) electrons. The van der Waals surface area contributed by atoms with Gasteiger partial charge >= 0.3 is 0 Å². The number of hydrogen-bond donors (Lipinski definition) is 1. The van der Waals surface area contributed by atoms with Gasteiger partial charge in [-0.25, -0.2) is 8.78 Å². The second-order valence-corrected chi connectivity index (χ2v) is 4.92. The minimum Gasteiger partial charge on any atom is -0.396 e. The topological polar surface area (TPSA) is 86.7 Å². The Morgan fingerprint density at radius 3 is 2.25 bits per heavy atom. The Morgan fingerprint density at radius 1 is 1.08 bits per heavy atom. The third kappa shape index (κ3) is 4.67. The first kappa shape index (κ1) is 17.2. The molecule has 3 aromatic heterocycles. The van der Waals surface area contributed by atoms with Gasteiger partial charge in [0.15, 0.2) is 6.29 Å². The van der Waals surface area contributed by atoms with E-state index in [4.69, 9.17) is 5.73 Å². The van der Waals surface area contributed by atoms with Crippen LogP contribution in [0.15, 0.2) is 49.3 Å². The lowest BCUT2D eigenvalue weighted by atomic mass is 10.1. The molecule has 0 saturated heterocycles. The second-order valence-electron chi connectivity index (χ2n) is 4.92. The summed E-state index contributed by atoms with van der Waals surface area (Å²) in [5, 5.41) is 4.06. The number of anilines is 1. The Kier molecular flexibility index (Phi) is 5.67. The number of carbonyl (C=O) groups excluding carboxylic acids is 1. The van der Waals surface area contributed by atoms with Crippen LogP contribution in [-0.4, -0.2) is 26.0 Å². The van der Waals surface area contributed by atoms with E-state index >= 15 is 0 Å². The average Bonchev–Trinajstić information content (AvgIpc) is 3.01. The van der Waals surface area contributed by atoms with Gasteiger partial charge in [0, 0.05) is 24.2 Å². The third-order valence-corrected chi connectivity index (χ3v) is 3.09. The van der Waals surface area contributed by atoms with Gasteiger partial charge in [-0.2, -0.15) is 5.10 Å². The first-order valence-electron chi connectivity index (χ1n) is 6.95. The van der Waals surface area contributed by atoms with Gasteiger partial charge in [0.2, 0.25) is 0 Å². The molecule has 0 amide bonds. The van der Waals surface area contributed by atoms with Crippen LogP contribution in [0.2, 0.25) is 0 Å². The van der Waals surface area contributed by atoms with E-state index in [2.05, 4.69) is 15.1 Å². The van der Waals surface area contributed by atoms with Crippen molar-refractivity contribution in [3.8, 4) is 0 Å². The van der Waals surface area contributed by atoms with Gasteiger partial charge in [0.05, 0.1) is 30.3 Å². The van der Waals surface area contributed by atoms with Crippen LogP contribution in [0.4, 0.5) is 14.5 Å². The van der Waals surface area contributed by atoms with E-state index in [0.717, 1.165) is 17.8 Å². The summed E-state index contributed by atoms with van der Waals surface area (Å²) in [6.45, 7) is 1.91. The molecule has 24 heavy (non-hydrogen) atoms. The van der Waals surface area contributed by atoms with Crippen molar-refractivity contribution in [1.82, 2.24) is 19.7 Å². The minimum absolute atomic E-state index is 0.0782. The summed E-state index contributed by atoms with van der Waals surface area (Å²) in [5.41, 5.74) is 7.16. The molecule has 0 saturated carbocycles. The van der Waals surface area contributed by atoms with Gasteiger partial charge < -0.3 is 5.73 Å². The van der Waals surface area contributed by atoms with E-state index in [1.54, 1.807) is 23.3 Å². The Balaban J connectivity index is 0.000000198. The summed E-state index contributed by atoms with van der Waals surface area (Å²) in [5.74, 6) is -0.834. The summed E-state index contributed by atoms with van der Waals surface area (Å²) in [6.07, 6.45) is 8.96. The van der Waals surface area contributed by atoms with Crippen LogP contribution in [0.3, 0.4) is 0 Å². The normalized spacial score (nSPS) is 11.3. The van der Waals surface area contributed by atoms with Crippen molar-refractivity contribution >= 4 is 12.0 Å². The summed E-state index contributed by atoms with van der Waals surface area (Å²) in [6, 6.07) is 2.49. The molecule has 0 aliphatic carbocycles. The summed E-state index contributed by atoms with van der Waals surface area (Å²) in [4.78, 5) is 17.2.